The lowest BCUT2D eigenvalue weighted by molar-refractivity contribution is -0.112. The molecule has 5 nitrogen and oxygen atoms in total. The van der Waals surface area contributed by atoms with Crippen molar-refractivity contribution in [2.24, 2.45) is 11.8 Å². The molecule has 0 aromatic heterocycles. The van der Waals surface area contributed by atoms with Crippen LogP contribution in [0.15, 0.2) is 0 Å². The van der Waals surface area contributed by atoms with E-state index in [-0.39, 0.29) is 12.0 Å². The Bertz CT molecular complexity index is 306. The molecule has 0 unspecified atom stereocenters. The van der Waals surface area contributed by atoms with E-state index in [0.717, 1.165) is 58.1 Å². The standard InChI is InChI=1S/C14H24N2O3/c1-15-6-8-16(9-7-15)14(18)19-11-13-4-2-12(10-17)3-5-13/h10,12-13H,2-9,11H2,1H3. The van der Waals surface area contributed by atoms with Crippen molar-refractivity contribution in [1.82, 2.24) is 9.80 Å². The van der Waals surface area contributed by atoms with Gasteiger partial charge in [-0.15, -0.1) is 0 Å². The lowest BCUT2D eigenvalue weighted by atomic mass is 9.83. The highest BCUT2D eigenvalue weighted by Gasteiger charge is 2.24. The number of carbonyl (C=O) groups excluding carboxylic acids is 2. The van der Waals surface area contributed by atoms with E-state index in [0.29, 0.717) is 12.5 Å². The summed E-state index contributed by atoms with van der Waals surface area (Å²) in [6.45, 7) is 3.86. The molecule has 2 aliphatic rings. The first kappa shape index (κ1) is 14.3. The normalized spacial score (nSPS) is 29.0. The molecule has 1 saturated heterocycles. The fourth-order valence-corrected chi connectivity index (χ4v) is 2.76. The average Bonchev–Trinajstić information content (AvgIpc) is 2.46. The first-order valence-electron chi connectivity index (χ1n) is 7.24. The van der Waals surface area contributed by atoms with Crippen LogP contribution in [-0.2, 0) is 9.53 Å². The Morgan fingerprint density at radius 1 is 1.16 bits per heavy atom. The van der Waals surface area contributed by atoms with Crippen molar-refractivity contribution in [1.29, 1.82) is 0 Å². The highest BCUT2D eigenvalue weighted by molar-refractivity contribution is 5.67. The van der Waals surface area contributed by atoms with Gasteiger partial charge in [0.05, 0.1) is 6.61 Å². The molecule has 2 fully saturated rings. The number of hydrogen-bond donors (Lipinski definition) is 0. The molecule has 0 atom stereocenters. The molecule has 1 aliphatic carbocycles. The van der Waals surface area contributed by atoms with Crippen LogP contribution in [0.3, 0.4) is 0 Å². The van der Waals surface area contributed by atoms with E-state index in [4.69, 9.17) is 4.74 Å². The van der Waals surface area contributed by atoms with Crippen molar-refractivity contribution in [3.63, 3.8) is 0 Å². The third-order valence-electron chi connectivity index (χ3n) is 4.29. The maximum atomic E-state index is 11.9. The Morgan fingerprint density at radius 3 is 2.37 bits per heavy atom. The van der Waals surface area contributed by atoms with Gasteiger partial charge in [0.1, 0.15) is 6.29 Å². The van der Waals surface area contributed by atoms with Gasteiger partial charge >= 0.3 is 6.09 Å². The highest BCUT2D eigenvalue weighted by atomic mass is 16.6. The molecule has 1 heterocycles. The summed E-state index contributed by atoms with van der Waals surface area (Å²) < 4.78 is 5.41. The van der Waals surface area contributed by atoms with Crippen LogP contribution in [0.25, 0.3) is 0 Å². The minimum atomic E-state index is -0.175. The van der Waals surface area contributed by atoms with E-state index >= 15 is 0 Å². The first-order valence-corrected chi connectivity index (χ1v) is 7.24. The SMILES string of the molecule is CN1CCN(C(=O)OCC2CCC(C=O)CC2)CC1. The van der Waals surface area contributed by atoms with Crippen molar-refractivity contribution in [2.45, 2.75) is 25.7 Å². The molecule has 1 aliphatic heterocycles. The van der Waals surface area contributed by atoms with Gasteiger partial charge in [-0.25, -0.2) is 4.79 Å². The minimum Gasteiger partial charge on any atom is -0.449 e. The summed E-state index contributed by atoms with van der Waals surface area (Å²) in [5.74, 6) is 0.664. The second kappa shape index (κ2) is 6.89. The second-order valence-electron chi connectivity index (χ2n) is 5.78. The van der Waals surface area contributed by atoms with E-state index in [1.54, 1.807) is 4.90 Å². The van der Waals surface area contributed by atoms with Crippen LogP contribution < -0.4 is 0 Å². The number of carbonyl (C=O) groups is 2. The third-order valence-corrected chi connectivity index (χ3v) is 4.29. The molecule has 5 heteroatoms. The molecule has 0 aromatic rings. The lowest BCUT2D eigenvalue weighted by Crippen LogP contribution is -2.47. The Labute approximate surface area is 114 Å². The van der Waals surface area contributed by atoms with Crippen LogP contribution in [0.1, 0.15) is 25.7 Å². The number of ether oxygens (including phenoxy) is 1. The molecular weight excluding hydrogens is 244 g/mol. The molecule has 0 aromatic carbocycles. The fourth-order valence-electron chi connectivity index (χ4n) is 2.76. The molecule has 0 N–H and O–H groups in total. The molecular formula is C14H24N2O3. The number of aldehydes is 1. The summed E-state index contributed by atoms with van der Waals surface area (Å²) in [4.78, 5) is 26.6. The minimum absolute atomic E-state index is 0.175. The van der Waals surface area contributed by atoms with Gasteiger partial charge in [0.15, 0.2) is 0 Å². The van der Waals surface area contributed by atoms with Gasteiger partial charge in [-0.3, -0.25) is 0 Å². The zero-order valence-corrected chi connectivity index (χ0v) is 11.7. The quantitative estimate of drug-likeness (QED) is 0.726. The van der Waals surface area contributed by atoms with E-state index in [1.807, 2.05) is 0 Å². The van der Waals surface area contributed by atoms with Crippen LogP contribution in [-0.4, -0.2) is 62.0 Å². The van der Waals surface area contributed by atoms with Crippen molar-refractivity contribution < 1.29 is 14.3 Å². The number of piperazine rings is 1. The molecule has 0 bridgehead atoms. The van der Waals surface area contributed by atoms with Crippen molar-refractivity contribution in [2.75, 3.05) is 39.8 Å². The van der Waals surface area contributed by atoms with Crippen molar-refractivity contribution in [3.05, 3.63) is 0 Å². The number of nitrogens with zero attached hydrogens (tertiary/aromatic N) is 2. The van der Waals surface area contributed by atoms with Gasteiger partial charge in [0.2, 0.25) is 0 Å². The number of amides is 1. The zero-order valence-electron chi connectivity index (χ0n) is 11.7. The molecule has 2 rings (SSSR count). The van der Waals surface area contributed by atoms with Gasteiger partial charge in [-0.1, -0.05) is 0 Å². The Kier molecular flexibility index (Phi) is 5.19. The van der Waals surface area contributed by atoms with Crippen LogP contribution >= 0.6 is 0 Å². The van der Waals surface area contributed by atoms with E-state index in [1.165, 1.54) is 0 Å². The Morgan fingerprint density at radius 2 is 1.79 bits per heavy atom. The van der Waals surface area contributed by atoms with Crippen LogP contribution in [0.2, 0.25) is 0 Å². The predicted molar refractivity (Wildman–Crippen MR) is 71.9 cm³/mol. The van der Waals surface area contributed by atoms with Gasteiger partial charge in [0.25, 0.3) is 0 Å². The summed E-state index contributed by atoms with van der Waals surface area (Å²) in [7, 11) is 2.06. The third kappa shape index (κ3) is 4.20. The van der Waals surface area contributed by atoms with E-state index in [9.17, 15) is 9.59 Å². The summed E-state index contributed by atoms with van der Waals surface area (Å²) in [6.07, 6.45) is 4.77. The molecule has 0 spiro atoms. The van der Waals surface area contributed by atoms with E-state index < -0.39 is 0 Å². The zero-order chi connectivity index (χ0) is 13.7. The monoisotopic (exact) mass is 268 g/mol. The smallest absolute Gasteiger partial charge is 0.409 e. The van der Waals surface area contributed by atoms with Gasteiger partial charge < -0.3 is 19.3 Å². The highest BCUT2D eigenvalue weighted by Crippen LogP contribution is 2.27. The summed E-state index contributed by atoms with van der Waals surface area (Å²) in [6, 6.07) is 0. The topological polar surface area (TPSA) is 49.9 Å². The molecule has 19 heavy (non-hydrogen) atoms. The number of hydrogen-bond acceptors (Lipinski definition) is 4. The number of likely N-dealkylation sites (N-methyl/N-ethyl adjacent to an activating group) is 1. The summed E-state index contributed by atoms with van der Waals surface area (Å²) in [5, 5.41) is 0. The average molecular weight is 268 g/mol. The predicted octanol–water partition coefficient (Wildman–Crippen LogP) is 1.38. The summed E-state index contributed by atoms with van der Waals surface area (Å²) >= 11 is 0. The molecule has 0 radical (unpaired) electrons. The second-order valence-corrected chi connectivity index (χ2v) is 5.78. The Hall–Kier alpha value is -1.10. The largest absolute Gasteiger partial charge is 0.449 e. The molecule has 108 valence electrons. The maximum Gasteiger partial charge on any atom is 0.409 e. The molecule has 1 amide bonds. The van der Waals surface area contributed by atoms with Crippen LogP contribution in [0.5, 0.6) is 0 Å². The Balaban J connectivity index is 1.65. The lowest BCUT2D eigenvalue weighted by Gasteiger charge is -2.32. The fraction of sp³-hybridized carbons (Fsp3) is 0.857. The van der Waals surface area contributed by atoms with Crippen LogP contribution in [0, 0.1) is 11.8 Å². The molecule has 1 saturated carbocycles. The van der Waals surface area contributed by atoms with Crippen LogP contribution in [0.4, 0.5) is 4.79 Å². The van der Waals surface area contributed by atoms with Crippen molar-refractivity contribution >= 4 is 12.4 Å². The summed E-state index contributed by atoms with van der Waals surface area (Å²) in [5.41, 5.74) is 0. The van der Waals surface area contributed by atoms with Gasteiger partial charge in [-0.05, 0) is 38.6 Å². The van der Waals surface area contributed by atoms with Gasteiger partial charge in [0, 0.05) is 32.1 Å². The van der Waals surface area contributed by atoms with Crippen molar-refractivity contribution in [3.8, 4) is 0 Å². The first-order chi connectivity index (χ1) is 9.19. The van der Waals surface area contributed by atoms with E-state index in [2.05, 4.69) is 11.9 Å². The number of rotatable bonds is 3. The maximum absolute atomic E-state index is 11.9. The van der Waals surface area contributed by atoms with Gasteiger partial charge in [-0.2, -0.15) is 0 Å².